The van der Waals surface area contributed by atoms with E-state index in [0.29, 0.717) is 11.5 Å². The van der Waals surface area contributed by atoms with Gasteiger partial charge in [0.1, 0.15) is 6.61 Å². The fourth-order valence-corrected chi connectivity index (χ4v) is 2.00. The van der Waals surface area contributed by atoms with Gasteiger partial charge in [-0.15, -0.1) is 0 Å². The van der Waals surface area contributed by atoms with Crippen molar-refractivity contribution in [2.75, 3.05) is 13.7 Å². The molecular formula is C14H12O4. The molecule has 1 heterocycles. The average Bonchev–Trinajstić information content (AvgIpc) is 2.43. The van der Waals surface area contributed by atoms with E-state index in [2.05, 4.69) is 4.74 Å². The van der Waals surface area contributed by atoms with Gasteiger partial charge in [0.05, 0.1) is 7.11 Å². The molecule has 2 aromatic carbocycles. The van der Waals surface area contributed by atoms with Gasteiger partial charge in [0.15, 0.2) is 11.5 Å². The molecule has 0 saturated heterocycles. The molecule has 18 heavy (non-hydrogen) atoms. The first-order valence-corrected chi connectivity index (χ1v) is 5.68. The van der Waals surface area contributed by atoms with Gasteiger partial charge in [0.2, 0.25) is 6.10 Å². The van der Waals surface area contributed by atoms with Crippen molar-refractivity contribution in [2.24, 2.45) is 0 Å². The Kier molecular flexibility index (Phi) is 2.55. The third-order valence-corrected chi connectivity index (χ3v) is 2.94. The van der Waals surface area contributed by atoms with Gasteiger partial charge < -0.3 is 14.2 Å². The number of carbonyl (C=O) groups excluding carboxylic acids is 1. The Bertz CT molecular complexity index is 606. The maximum absolute atomic E-state index is 11.4. The molecule has 0 unspecified atom stereocenters. The van der Waals surface area contributed by atoms with Crippen molar-refractivity contribution in [2.45, 2.75) is 6.10 Å². The Morgan fingerprint density at radius 1 is 1.22 bits per heavy atom. The highest BCUT2D eigenvalue weighted by Gasteiger charge is 2.28. The topological polar surface area (TPSA) is 44.8 Å². The van der Waals surface area contributed by atoms with Crippen molar-refractivity contribution in [3.63, 3.8) is 0 Å². The van der Waals surface area contributed by atoms with Crippen LogP contribution in [0, 0.1) is 0 Å². The lowest BCUT2D eigenvalue weighted by Crippen LogP contribution is -2.37. The van der Waals surface area contributed by atoms with Gasteiger partial charge in [-0.1, -0.05) is 24.3 Å². The first kappa shape index (κ1) is 10.9. The van der Waals surface area contributed by atoms with Crippen LogP contribution in [0.4, 0.5) is 0 Å². The second kappa shape index (κ2) is 4.22. The summed E-state index contributed by atoms with van der Waals surface area (Å²) >= 11 is 0. The normalized spacial score (nSPS) is 17.5. The molecule has 0 saturated carbocycles. The van der Waals surface area contributed by atoms with Crippen molar-refractivity contribution in [1.82, 2.24) is 0 Å². The summed E-state index contributed by atoms with van der Waals surface area (Å²) in [7, 11) is 1.33. The maximum Gasteiger partial charge on any atom is 0.350 e. The predicted octanol–water partition coefficient (Wildman–Crippen LogP) is 2.15. The van der Waals surface area contributed by atoms with Crippen LogP contribution >= 0.6 is 0 Å². The smallest absolute Gasteiger partial charge is 0.350 e. The van der Waals surface area contributed by atoms with Gasteiger partial charge in [-0.2, -0.15) is 0 Å². The number of hydrogen-bond acceptors (Lipinski definition) is 4. The summed E-state index contributed by atoms with van der Waals surface area (Å²) in [4.78, 5) is 11.4. The van der Waals surface area contributed by atoms with Crippen molar-refractivity contribution in [1.29, 1.82) is 0 Å². The first-order chi connectivity index (χ1) is 8.78. The molecule has 4 nitrogen and oxygen atoms in total. The van der Waals surface area contributed by atoms with E-state index in [9.17, 15) is 4.79 Å². The minimum atomic E-state index is -0.691. The van der Waals surface area contributed by atoms with Crippen molar-refractivity contribution < 1.29 is 19.0 Å². The number of esters is 1. The maximum atomic E-state index is 11.4. The summed E-state index contributed by atoms with van der Waals surface area (Å²) in [6.07, 6.45) is -0.691. The molecule has 0 spiro atoms. The monoisotopic (exact) mass is 244 g/mol. The third-order valence-electron chi connectivity index (χ3n) is 2.94. The highest BCUT2D eigenvalue weighted by molar-refractivity contribution is 5.86. The molecule has 0 amide bonds. The van der Waals surface area contributed by atoms with Gasteiger partial charge in [0, 0.05) is 0 Å². The summed E-state index contributed by atoms with van der Waals surface area (Å²) in [6.45, 7) is 0.179. The fraction of sp³-hybridized carbons (Fsp3) is 0.214. The second-order valence-electron chi connectivity index (χ2n) is 4.09. The number of ether oxygens (including phenoxy) is 3. The molecule has 1 aliphatic rings. The Balaban J connectivity index is 2.00. The van der Waals surface area contributed by atoms with Gasteiger partial charge in [0.25, 0.3) is 0 Å². The molecule has 1 atom stereocenters. The molecule has 4 heteroatoms. The molecule has 1 aliphatic heterocycles. The largest absolute Gasteiger partial charge is 0.485 e. The van der Waals surface area contributed by atoms with Crippen molar-refractivity contribution >= 4 is 16.7 Å². The molecule has 0 aliphatic carbocycles. The van der Waals surface area contributed by atoms with Crippen LogP contribution < -0.4 is 9.47 Å². The molecule has 2 aromatic rings. The lowest BCUT2D eigenvalue weighted by molar-refractivity contribution is -0.151. The number of benzene rings is 2. The molecule has 92 valence electrons. The van der Waals surface area contributed by atoms with E-state index in [1.807, 2.05) is 36.4 Å². The van der Waals surface area contributed by atoms with Gasteiger partial charge in [-0.05, 0) is 22.9 Å². The molecule has 0 fully saturated rings. The van der Waals surface area contributed by atoms with E-state index >= 15 is 0 Å². The molecule has 3 rings (SSSR count). The Hall–Kier alpha value is -2.23. The zero-order valence-corrected chi connectivity index (χ0v) is 9.88. The van der Waals surface area contributed by atoms with E-state index in [4.69, 9.17) is 9.47 Å². The molecule has 0 aromatic heterocycles. The van der Waals surface area contributed by atoms with Crippen LogP contribution in [0.1, 0.15) is 0 Å². The van der Waals surface area contributed by atoms with Crippen LogP contribution in [0.5, 0.6) is 11.5 Å². The summed E-state index contributed by atoms with van der Waals surface area (Å²) in [5.74, 6) is 0.818. The van der Waals surface area contributed by atoms with E-state index in [0.717, 1.165) is 10.8 Å². The lowest BCUT2D eigenvalue weighted by atomic mass is 10.1. The van der Waals surface area contributed by atoms with Gasteiger partial charge >= 0.3 is 5.97 Å². The van der Waals surface area contributed by atoms with E-state index in [1.54, 1.807) is 0 Å². The van der Waals surface area contributed by atoms with Crippen LogP contribution in [0.2, 0.25) is 0 Å². The van der Waals surface area contributed by atoms with Crippen LogP contribution in [-0.4, -0.2) is 25.8 Å². The standard InChI is InChI=1S/C14H12O4/c1-16-14(15)13-8-17-11-6-9-4-2-3-5-10(9)7-12(11)18-13/h2-7,13H,8H2,1H3/t13-/m1/s1. The first-order valence-electron chi connectivity index (χ1n) is 5.68. The summed E-state index contributed by atoms with van der Waals surface area (Å²) < 4.78 is 15.8. The summed E-state index contributed by atoms with van der Waals surface area (Å²) in [5.41, 5.74) is 0. The van der Waals surface area contributed by atoms with E-state index in [-0.39, 0.29) is 6.61 Å². The molecule has 0 bridgehead atoms. The van der Waals surface area contributed by atoms with Crippen molar-refractivity contribution in [3.05, 3.63) is 36.4 Å². The summed E-state index contributed by atoms with van der Waals surface area (Å²) in [5, 5.41) is 2.13. The minimum Gasteiger partial charge on any atom is -0.485 e. The SMILES string of the molecule is COC(=O)[C@H]1COc2cc3ccccc3cc2O1. The second-order valence-corrected chi connectivity index (χ2v) is 4.09. The molecular weight excluding hydrogens is 232 g/mol. The van der Waals surface area contributed by atoms with Crippen molar-refractivity contribution in [3.8, 4) is 11.5 Å². The number of carbonyl (C=O) groups is 1. The highest BCUT2D eigenvalue weighted by Crippen LogP contribution is 2.35. The van der Waals surface area contributed by atoms with E-state index in [1.165, 1.54) is 7.11 Å². The van der Waals surface area contributed by atoms with Crippen LogP contribution in [-0.2, 0) is 9.53 Å². The zero-order chi connectivity index (χ0) is 12.5. The van der Waals surface area contributed by atoms with Gasteiger partial charge in [-0.25, -0.2) is 4.79 Å². The highest BCUT2D eigenvalue weighted by atomic mass is 16.6. The van der Waals surface area contributed by atoms with Crippen LogP contribution in [0.3, 0.4) is 0 Å². The molecule has 0 N–H and O–H groups in total. The number of hydrogen-bond donors (Lipinski definition) is 0. The van der Waals surface area contributed by atoms with Crippen LogP contribution in [0.25, 0.3) is 10.8 Å². The Labute approximate surface area is 104 Å². The summed E-state index contributed by atoms with van der Waals surface area (Å²) in [6, 6.07) is 11.7. The zero-order valence-electron chi connectivity index (χ0n) is 9.88. The van der Waals surface area contributed by atoms with Gasteiger partial charge in [-0.3, -0.25) is 0 Å². The quantitative estimate of drug-likeness (QED) is 0.721. The number of methoxy groups -OCH3 is 1. The Morgan fingerprint density at radius 3 is 2.56 bits per heavy atom. The molecule has 0 radical (unpaired) electrons. The van der Waals surface area contributed by atoms with E-state index < -0.39 is 12.1 Å². The Morgan fingerprint density at radius 2 is 1.89 bits per heavy atom. The third kappa shape index (κ3) is 1.76. The number of rotatable bonds is 1. The minimum absolute atomic E-state index is 0.179. The average molecular weight is 244 g/mol. The fourth-order valence-electron chi connectivity index (χ4n) is 2.00. The lowest BCUT2D eigenvalue weighted by Gasteiger charge is -2.25. The van der Waals surface area contributed by atoms with Crippen LogP contribution in [0.15, 0.2) is 36.4 Å². The number of fused-ring (bicyclic) bond motifs is 2. The predicted molar refractivity (Wildman–Crippen MR) is 65.9 cm³/mol.